The average molecular weight is 257 g/mol. The number of aromatic nitrogens is 2. The van der Waals surface area contributed by atoms with Gasteiger partial charge in [-0.25, -0.2) is 0 Å². The molecule has 0 saturated heterocycles. The SMILES string of the molecule is CCCn1nccc1C(=O)Nc1cc(C)ccc1C. The quantitative estimate of drug-likeness (QED) is 0.914. The van der Waals surface area contributed by atoms with Crippen molar-refractivity contribution >= 4 is 11.6 Å². The summed E-state index contributed by atoms with van der Waals surface area (Å²) < 4.78 is 1.74. The normalized spacial score (nSPS) is 10.5. The number of rotatable bonds is 4. The number of hydrogen-bond acceptors (Lipinski definition) is 2. The third kappa shape index (κ3) is 3.02. The summed E-state index contributed by atoms with van der Waals surface area (Å²) in [5.41, 5.74) is 3.64. The van der Waals surface area contributed by atoms with Crippen molar-refractivity contribution in [3.05, 3.63) is 47.3 Å². The van der Waals surface area contributed by atoms with Crippen LogP contribution in [0.2, 0.25) is 0 Å². The number of carbonyl (C=O) groups is 1. The number of amides is 1. The second-order valence-corrected chi connectivity index (χ2v) is 4.71. The average Bonchev–Trinajstić information content (AvgIpc) is 2.82. The number of aryl methyl sites for hydroxylation is 3. The first kappa shape index (κ1) is 13.3. The molecule has 100 valence electrons. The molecule has 1 heterocycles. The summed E-state index contributed by atoms with van der Waals surface area (Å²) in [5.74, 6) is -0.111. The van der Waals surface area contributed by atoms with Crippen molar-refractivity contribution in [3.8, 4) is 0 Å². The zero-order chi connectivity index (χ0) is 13.8. The first-order valence-electron chi connectivity index (χ1n) is 6.52. The van der Waals surface area contributed by atoms with Crippen LogP contribution >= 0.6 is 0 Å². The zero-order valence-corrected chi connectivity index (χ0v) is 11.6. The van der Waals surface area contributed by atoms with Gasteiger partial charge in [0.15, 0.2) is 0 Å². The van der Waals surface area contributed by atoms with E-state index in [4.69, 9.17) is 0 Å². The molecule has 2 aromatic rings. The van der Waals surface area contributed by atoms with Crippen molar-refractivity contribution in [2.24, 2.45) is 0 Å². The molecule has 0 unspecified atom stereocenters. The van der Waals surface area contributed by atoms with Crippen molar-refractivity contribution in [2.45, 2.75) is 33.7 Å². The van der Waals surface area contributed by atoms with E-state index in [-0.39, 0.29) is 5.91 Å². The minimum absolute atomic E-state index is 0.111. The molecule has 1 aromatic heterocycles. The molecule has 0 radical (unpaired) electrons. The molecule has 4 heteroatoms. The first-order chi connectivity index (χ1) is 9.11. The van der Waals surface area contributed by atoms with Crippen LogP contribution in [0.5, 0.6) is 0 Å². The Bertz CT molecular complexity index is 587. The molecule has 0 fully saturated rings. The Morgan fingerprint density at radius 2 is 2.11 bits per heavy atom. The van der Waals surface area contributed by atoms with Crippen LogP contribution in [0.1, 0.15) is 35.0 Å². The Hall–Kier alpha value is -2.10. The maximum atomic E-state index is 12.3. The number of nitrogens with one attached hydrogen (secondary N) is 1. The molecular formula is C15H19N3O. The molecule has 0 aliphatic rings. The third-order valence-electron chi connectivity index (χ3n) is 3.03. The van der Waals surface area contributed by atoms with E-state index in [9.17, 15) is 4.79 Å². The lowest BCUT2D eigenvalue weighted by atomic mass is 10.1. The van der Waals surface area contributed by atoms with E-state index in [1.807, 2.05) is 32.0 Å². The summed E-state index contributed by atoms with van der Waals surface area (Å²) in [5, 5.41) is 7.12. The van der Waals surface area contributed by atoms with Gasteiger partial charge in [0, 0.05) is 18.4 Å². The maximum Gasteiger partial charge on any atom is 0.273 e. The van der Waals surface area contributed by atoms with E-state index in [1.54, 1.807) is 16.9 Å². The molecular weight excluding hydrogens is 238 g/mol. The number of anilines is 1. The van der Waals surface area contributed by atoms with Crippen molar-refractivity contribution in [3.63, 3.8) is 0 Å². The highest BCUT2D eigenvalue weighted by atomic mass is 16.2. The minimum Gasteiger partial charge on any atom is -0.320 e. The van der Waals surface area contributed by atoms with Crippen LogP contribution in [0.4, 0.5) is 5.69 Å². The molecule has 0 spiro atoms. The number of nitrogens with zero attached hydrogens (tertiary/aromatic N) is 2. The summed E-state index contributed by atoms with van der Waals surface area (Å²) >= 11 is 0. The standard InChI is InChI=1S/C15H19N3O/c1-4-9-18-14(7-8-16-18)15(19)17-13-10-11(2)5-6-12(13)3/h5-8,10H,4,9H2,1-3H3,(H,17,19). The Morgan fingerprint density at radius 1 is 1.32 bits per heavy atom. The van der Waals surface area contributed by atoms with Gasteiger partial charge in [0.25, 0.3) is 5.91 Å². The van der Waals surface area contributed by atoms with Gasteiger partial charge in [-0.3, -0.25) is 9.48 Å². The van der Waals surface area contributed by atoms with E-state index < -0.39 is 0 Å². The predicted molar refractivity (Wildman–Crippen MR) is 76.4 cm³/mol. The fourth-order valence-corrected chi connectivity index (χ4v) is 1.97. The molecule has 4 nitrogen and oxygen atoms in total. The van der Waals surface area contributed by atoms with E-state index in [0.29, 0.717) is 5.69 Å². The van der Waals surface area contributed by atoms with Gasteiger partial charge in [0.2, 0.25) is 0 Å². The molecule has 0 aliphatic heterocycles. The van der Waals surface area contributed by atoms with Crippen LogP contribution in [-0.4, -0.2) is 15.7 Å². The van der Waals surface area contributed by atoms with Crippen LogP contribution < -0.4 is 5.32 Å². The van der Waals surface area contributed by atoms with E-state index in [1.165, 1.54) is 0 Å². The Morgan fingerprint density at radius 3 is 2.84 bits per heavy atom. The Kier molecular flexibility index (Phi) is 4.00. The maximum absolute atomic E-state index is 12.3. The highest BCUT2D eigenvalue weighted by Crippen LogP contribution is 2.17. The molecule has 0 bridgehead atoms. The molecule has 19 heavy (non-hydrogen) atoms. The van der Waals surface area contributed by atoms with Gasteiger partial charge in [-0.15, -0.1) is 0 Å². The van der Waals surface area contributed by atoms with Gasteiger partial charge in [-0.05, 0) is 43.5 Å². The topological polar surface area (TPSA) is 46.9 Å². The van der Waals surface area contributed by atoms with Crippen molar-refractivity contribution in [1.82, 2.24) is 9.78 Å². The molecule has 0 atom stereocenters. The van der Waals surface area contributed by atoms with Crippen molar-refractivity contribution in [1.29, 1.82) is 0 Å². The summed E-state index contributed by atoms with van der Waals surface area (Å²) in [6, 6.07) is 7.77. The number of benzene rings is 1. The highest BCUT2D eigenvalue weighted by Gasteiger charge is 2.12. The molecule has 2 rings (SSSR count). The van der Waals surface area contributed by atoms with Gasteiger partial charge in [0.05, 0.1) is 0 Å². The fourth-order valence-electron chi connectivity index (χ4n) is 1.97. The van der Waals surface area contributed by atoms with Gasteiger partial charge in [0.1, 0.15) is 5.69 Å². The molecule has 0 aliphatic carbocycles. The van der Waals surface area contributed by atoms with Crippen molar-refractivity contribution < 1.29 is 4.79 Å². The summed E-state index contributed by atoms with van der Waals surface area (Å²) in [7, 11) is 0. The minimum atomic E-state index is -0.111. The van der Waals surface area contributed by atoms with Gasteiger partial charge >= 0.3 is 0 Å². The smallest absolute Gasteiger partial charge is 0.273 e. The van der Waals surface area contributed by atoms with Gasteiger partial charge in [-0.2, -0.15) is 5.10 Å². The van der Waals surface area contributed by atoms with Crippen LogP contribution in [0.3, 0.4) is 0 Å². The molecule has 1 N–H and O–H groups in total. The molecule has 0 saturated carbocycles. The lowest BCUT2D eigenvalue weighted by molar-refractivity contribution is 0.101. The molecule has 1 aromatic carbocycles. The van der Waals surface area contributed by atoms with E-state index in [2.05, 4.69) is 17.3 Å². The van der Waals surface area contributed by atoms with Gasteiger partial charge < -0.3 is 5.32 Å². The van der Waals surface area contributed by atoms with Gasteiger partial charge in [-0.1, -0.05) is 19.1 Å². The van der Waals surface area contributed by atoms with Crippen LogP contribution in [0, 0.1) is 13.8 Å². The summed E-state index contributed by atoms with van der Waals surface area (Å²) in [6.07, 6.45) is 2.61. The summed E-state index contributed by atoms with van der Waals surface area (Å²) in [4.78, 5) is 12.3. The van der Waals surface area contributed by atoms with Crippen LogP contribution in [-0.2, 0) is 6.54 Å². The largest absolute Gasteiger partial charge is 0.320 e. The van der Waals surface area contributed by atoms with E-state index >= 15 is 0 Å². The molecule has 1 amide bonds. The monoisotopic (exact) mass is 257 g/mol. The van der Waals surface area contributed by atoms with Crippen molar-refractivity contribution in [2.75, 3.05) is 5.32 Å². The zero-order valence-electron chi connectivity index (χ0n) is 11.6. The second-order valence-electron chi connectivity index (χ2n) is 4.71. The third-order valence-corrected chi connectivity index (χ3v) is 3.03. The van der Waals surface area contributed by atoms with Crippen LogP contribution in [0.25, 0.3) is 0 Å². The Balaban J connectivity index is 2.21. The number of carbonyl (C=O) groups excluding carboxylic acids is 1. The second kappa shape index (κ2) is 5.69. The summed E-state index contributed by atoms with van der Waals surface area (Å²) in [6.45, 7) is 6.81. The Labute approximate surface area is 113 Å². The van der Waals surface area contributed by atoms with E-state index in [0.717, 1.165) is 29.8 Å². The first-order valence-corrected chi connectivity index (χ1v) is 6.52. The number of hydrogen-bond donors (Lipinski definition) is 1. The lowest BCUT2D eigenvalue weighted by Crippen LogP contribution is -2.18. The van der Waals surface area contributed by atoms with Crippen LogP contribution in [0.15, 0.2) is 30.5 Å². The predicted octanol–water partition coefficient (Wildman–Crippen LogP) is 3.16. The fraction of sp³-hybridized carbons (Fsp3) is 0.333. The lowest BCUT2D eigenvalue weighted by Gasteiger charge is -2.10. The highest BCUT2D eigenvalue weighted by molar-refractivity contribution is 6.03.